The Balaban J connectivity index is 2.30. The van der Waals surface area contributed by atoms with Crippen LogP contribution in [0.4, 0.5) is 0 Å². The lowest BCUT2D eigenvalue weighted by molar-refractivity contribution is -0.144. The number of hydrogen-bond donors (Lipinski definition) is 1. The molecular formula is C18H24N2O2. The largest absolute Gasteiger partial charge is 0.465 e. The number of para-hydroxylation sites is 1. The van der Waals surface area contributed by atoms with Crippen LogP contribution in [0.25, 0.3) is 10.9 Å². The van der Waals surface area contributed by atoms with Crippen LogP contribution < -0.4 is 5.73 Å². The summed E-state index contributed by atoms with van der Waals surface area (Å²) in [6.45, 7) is 7.13. The van der Waals surface area contributed by atoms with Gasteiger partial charge in [-0.25, -0.2) is 0 Å². The summed E-state index contributed by atoms with van der Waals surface area (Å²) < 4.78 is 7.18. The zero-order valence-electron chi connectivity index (χ0n) is 13.5. The number of aromatic nitrogens is 1. The van der Waals surface area contributed by atoms with Crippen LogP contribution in [0.5, 0.6) is 0 Å². The second-order valence-corrected chi connectivity index (χ2v) is 5.67. The molecule has 0 amide bonds. The molecule has 22 heavy (non-hydrogen) atoms. The fourth-order valence-electron chi connectivity index (χ4n) is 2.49. The van der Waals surface area contributed by atoms with Crippen molar-refractivity contribution in [2.75, 3.05) is 6.61 Å². The van der Waals surface area contributed by atoms with E-state index in [0.717, 1.165) is 23.0 Å². The topological polar surface area (TPSA) is 57.2 Å². The summed E-state index contributed by atoms with van der Waals surface area (Å²) in [7, 11) is 0. The molecule has 0 aliphatic rings. The van der Waals surface area contributed by atoms with Crippen molar-refractivity contribution in [3.8, 4) is 0 Å². The van der Waals surface area contributed by atoms with Gasteiger partial charge < -0.3 is 15.0 Å². The van der Waals surface area contributed by atoms with Crippen molar-refractivity contribution in [2.24, 2.45) is 5.73 Å². The number of hydrogen-bond acceptors (Lipinski definition) is 3. The molecule has 0 bridgehead atoms. The van der Waals surface area contributed by atoms with E-state index in [-0.39, 0.29) is 5.97 Å². The van der Waals surface area contributed by atoms with Crippen LogP contribution in [-0.2, 0) is 22.5 Å². The number of carbonyl (C=O) groups is 1. The molecule has 0 saturated carbocycles. The lowest BCUT2D eigenvalue weighted by atomic mass is 10.1. The normalized spacial score (nSPS) is 12.2. The molecule has 1 aromatic carbocycles. The summed E-state index contributed by atoms with van der Waals surface area (Å²) in [5, 5.41) is 1.14. The third kappa shape index (κ3) is 3.77. The van der Waals surface area contributed by atoms with Crippen LogP contribution in [0.2, 0.25) is 0 Å². The maximum absolute atomic E-state index is 11.7. The van der Waals surface area contributed by atoms with E-state index in [1.165, 1.54) is 5.57 Å². The van der Waals surface area contributed by atoms with Crippen LogP contribution in [0.1, 0.15) is 26.3 Å². The van der Waals surface area contributed by atoms with E-state index < -0.39 is 6.04 Å². The van der Waals surface area contributed by atoms with Gasteiger partial charge in [0.2, 0.25) is 0 Å². The Hall–Kier alpha value is -2.07. The minimum absolute atomic E-state index is 0.344. The van der Waals surface area contributed by atoms with Gasteiger partial charge in [-0.05, 0) is 32.4 Å². The first kappa shape index (κ1) is 16.3. The Morgan fingerprint density at radius 1 is 1.36 bits per heavy atom. The van der Waals surface area contributed by atoms with E-state index in [0.29, 0.717) is 13.0 Å². The molecular weight excluding hydrogens is 276 g/mol. The van der Waals surface area contributed by atoms with Crippen LogP contribution >= 0.6 is 0 Å². The minimum Gasteiger partial charge on any atom is -0.465 e. The maximum atomic E-state index is 11.7. The van der Waals surface area contributed by atoms with Crippen LogP contribution in [0.3, 0.4) is 0 Å². The van der Waals surface area contributed by atoms with Crippen molar-refractivity contribution in [2.45, 2.75) is 39.8 Å². The summed E-state index contributed by atoms with van der Waals surface area (Å²) in [6, 6.07) is 7.57. The van der Waals surface area contributed by atoms with Gasteiger partial charge in [0, 0.05) is 30.1 Å². The van der Waals surface area contributed by atoms with Crippen molar-refractivity contribution >= 4 is 16.9 Å². The number of allylic oxidation sites excluding steroid dienone is 2. The molecule has 0 spiro atoms. The van der Waals surface area contributed by atoms with Crippen LogP contribution in [-0.4, -0.2) is 23.2 Å². The van der Waals surface area contributed by atoms with Gasteiger partial charge in [0.15, 0.2) is 0 Å². The Morgan fingerprint density at radius 3 is 2.77 bits per heavy atom. The Labute approximate surface area is 131 Å². The highest BCUT2D eigenvalue weighted by Gasteiger charge is 2.18. The average molecular weight is 300 g/mol. The first-order chi connectivity index (χ1) is 10.5. The van der Waals surface area contributed by atoms with E-state index in [2.05, 4.69) is 42.8 Å². The van der Waals surface area contributed by atoms with Crippen molar-refractivity contribution in [1.29, 1.82) is 0 Å². The molecule has 1 heterocycles. The smallest absolute Gasteiger partial charge is 0.323 e. The molecule has 2 aromatic rings. The highest BCUT2D eigenvalue weighted by molar-refractivity contribution is 5.85. The Morgan fingerprint density at radius 2 is 2.09 bits per heavy atom. The second kappa shape index (κ2) is 7.27. The molecule has 0 aliphatic heterocycles. The van der Waals surface area contributed by atoms with Crippen molar-refractivity contribution < 1.29 is 9.53 Å². The predicted molar refractivity (Wildman–Crippen MR) is 89.7 cm³/mol. The van der Waals surface area contributed by atoms with Gasteiger partial charge in [0.25, 0.3) is 0 Å². The molecule has 0 radical (unpaired) electrons. The molecule has 4 heteroatoms. The number of fused-ring (bicyclic) bond motifs is 1. The lowest BCUT2D eigenvalue weighted by Gasteiger charge is -2.09. The van der Waals surface area contributed by atoms with Gasteiger partial charge in [-0.2, -0.15) is 0 Å². The Kier molecular flexibility index (Phi) is 5.39. The molecule has 0 aliphatic carbocycles. The zero-order valence-corrected chi connectivity index (χ0v) is 13.5. The van der Waals surface area contributed by atoms with E-state index in [1.807, 2.05) is 12.1 Å². The highest BCUT2D eigenvalue weighted by atomic mass is 16.5. The highest BCUT2D eigenvalue weighted by Crippen LogP contribution is 2.22. The van der Waals surface area contributed by atoms with Gasteiger partial charge in [-0.3, -0.25) is 4.79 Å². The number of benzene rings is 1. The third-order valence-electron chi connectivity index (χ3n) is 3.60. The molecule has 1 atom stereocenters. The minimum atomic E-state index is -0.623. The average Bonchev–Trinajstić information content (AvgIpc) is 2.83. The first-order valence-electron chi connectivity index (χ1n) is 7.65. The van der Waals surface area contributed by atoms with Crippen LogP contribution in [0, 0.1) is 0 Å². The predicted octanol–water partition coefficient (Wildman–Crippen LogP) is 3.04. The summed E-state index contributed by atoms with van der Waals surface area (Å²) in [5.41, 5.74) is 9.48. The van der Waals surface area contributed by atoms with E-state index >= 15 is 0 Å². The van der Waals surface area contributed by atoms with Gasteiger partial charge in [-0.15, -0.1) is 0 Å². The molecule has 0 saturated heterocycles. The molecule has 0 fully saturated rings. The van der Waals surface area contributed by atoms with Crippen LogP contribution in [0.15, 0.2) is 42.1 Å². The molecule has 0 unspecified atom stereocenters. The summed E-state index contributed by atoms with van der Waals surface area (Å²) >= 11 is 0. The number of esters is 1. The molecule has 118 valence electrons. The van der Waals surface area contributed by atoms with E-state index in [9.17, 15) is 4.79 Å². The Bertz CT molecular complexity index is 681. The molecule has 4 nitrogen and oxygen atoms in total. The molecule has 2 rings (SSSR count). The number of nitrogens with zero attached hydrogens (tertiary/aromatic N) is 1. The van der Waals surface area contributed by atoms with Gasteiger partial charge in [0.05, 0.1) is 6.61 Å². The number of rotatable bonds is 6. The lowest BCUT2D eigenvalue weighted by Crippen LogP contribution is -2.34. The van der Waals surface area contributed by atoms with Gasteiger partial charge in [0.1, 0.15) is 6.04 Å². The first-order valence-corrected chi connectivity index (χ1v) is 7.65. The molecule has 1 aromatic heterocycles. The quantitative estimate of drug-likeness (QED) is 0.659. The summed E-state index contributed by atoms with van der Waals surface area (Å²) in [6.07, 6.45) is 4.76. The summed E-state index contributed by atoms with van der Waals surface area (Å²) in [4.78, 5) is 11.7. The maximum Gasteiger partial charge on any atom is 0.323 e. The number of ether oxygens (including phenoxy) is 1. The number of carbonyl (C=O) groups excluding carboxylic acids is 1. The van der Waals surface area contributed by atoms with Crippen molar-refractivity contribution in [3.05, 3.63) is 47.7 Å². The molecule has 2 N–H and O–H groups in total. The van der Waals surface area contributed by atoms with Crippen molar-refractivity contribution in [1.82, 2.24) is 4.57 Å². The zero-order chi connectivity index (χ0) is 16.1. The van der Waals surface area contributed by atoms with Gasteiger partial charge in [-0.1, -0.05) is 29.8 Å². The van der Waals surface area contributed by atoms with Gasteiger partial charge >= 0.3 is 5.97 Å². The SMILES string of the molecule is CCOC(=O)[C@@H](N)Cc1cn(CC=C(C)C)c2ccccc12. The van der Waals surface area contributed by atoms with E-state index in [1.54, 1.807) is 6.92 Å². The standard InChI is InChI=1S/C18H24N2O2/c1-4-22-18(21)16(19)11-14-12-20(10-9-13(2)3)17-8-6-5-7-15(14)17/h5-9,12,16H,4,10-11,19H2,1-3H3/t16-/m0/s1. The van der Waals surface area contributed by atoms with E-state index in [4.69, 9.17) is 10.5 Å². The fourth-order valence-corrected chi connectivity index (χ4v) is 2.49. The summed E-state index contributed by atoms with van der Waals surface area (Å²) in [5.74, 6) is -0.344. The monoisotopic (exact) mass is 300 g/mol. The number of nitrogens with two attached hydrogens (primary N) is 1. The second-order valence-electron chi connectivity index (χ2n) is 5.67. The fraction of sp³-hybridized carbons (Fsp3) is 0.389. The van der Waals surface area contributed by atoms with Crippen molar-refractivity contribution in [3.63, 3.8) is 0 Å². The third-order valence-corrected chi connectivity index (χ3v) is 3.60.